The zero-order valence-corrected chi connectivity index (χ0v) is 25.5. The van der Waals surface area contributed by atoms with Crippen LogP contribution in [0.5, 0.6) is 5.75 Å². The van der Waals surface area contributed by atoms with Gasteiger partial charge in [-0.05, 0) is 74.9 Å². The number of carbonyl (C=O) groups is 2. The van der Waals surface area contributed by atoms with Crippen molar-refractivity contribution in [3.05, 3.63) is 71.1 Å². The second-order valence-corrected chi connectivity index (χ2v) is 11.1. The van der Waals surface area contributed by atoms with Crippen LogP contribution >= 0.6 is 0 Å². The van der Waals surface area contributed by atoms with Crippen LogP contribution in [0.4, 0.5) is 4.79 Å². The summed E-state index contributed by atoms with van der Waals surface area (Å²) in [6.07, 6.45) is 10.1. The first-order valence-electron chi connectivity index (χ1n) is 14.6. The summed E-state index contributed by atoms with van der Waals surface area (Å²) >= 11 is 0. The third kappa shape index (κ3) is 10.4. The molecule has 7 heteroatoms. The molecule has 0 spiro atoms. The normalized spacial score (nSPS) is 18.3. The van der Waals surface area contributed by atoms with E-state index in [1.165, 1.54) is 35.3 Å². The topological polar surface area (TPSA) is 83.0 Å². The second-order valence-electron chi connectivity index (χ2n) is 11.1. The lowest BCUT2D eigenvalue weighted by molar-refractivity contribution is -0.118. The molecule has 0 aliphatic carbocycles. The highest BCUT2D eigenvalue weighted by Crippen LogP contribution is 2.38. The van der Waals surface area contributed by atoms with E-state index in [1.54, 1.807) is 13.1 Å². The average molecular weight is 552 g/mol. The summed E-state index contributed by atoms with van der Waals surface area (Å²) in [5.41, 5.74) is 4.52. The van der Waals surface area contributed by atoms with Gasteiger partial charge < -0.3 is 9.84 Å². The minimum absolute atomic E-state index is 0.0493. The summed E-state index contributed by atoms with van der Waals surface area (Å²) < 4.78 is 5.58. The Hall–Kier alpha value is -3.19. The zero-order chi connectivity index (χ0) is 29.7. The van der Waals surface area contributed by atoms with Crippen molar-refractivity contribution in [3.8, 4) is 5.75 Å². The molecule has 2 aliphatic heterocycles. The first-order chi connectivity index (χ1) is 19.1. The number of benzene rings is 1. The molecular formula is C33H49N3O4. The van der Waals surface area contributed by atoms with E-state index in [4.69, 9.17) is 4.74 Å². The molecule has 0 bridgehead atoms. The Balaban J connectivity index is 0.000000386. The number of ether oxygens (including phenoxy) is 1. The van der Waals surface area contributed by atoms with E-state index in [1.807, 2.05) is 56.1 Å². The Bertz CT molecular complexity index is 1100. The molecular weight excluding hydrogens is 502 g/mol. The maximum Gasteiger partial charge on any atom is 0.409 e. The molecule has 1 N–H and O–H groups in total. The van der Waals surface area contributed by atoms with Crippen LogP contribution in [0.2, 0.25) is 0 Å². The van der Waals surface area contributed by atoms with Gasteiger partial charge in [-0.2, -0.15) is 0 Å². The molecule has 0 saturated carbocycles. The van der Waals surface area contributed by atoms with Crippen LogP contribution < -0.4 is 4.74 Å². The molecule has 1 aromatic carbocycles. The quantitative estimate of drug-likeness (QED) is 0.343. The Labute approximate surface area is 241 Å². The molecule has 0 radical (unpaired) electrons. The van der Waals surface area contributed by atoms with Crippen molar-refractivity contribution in [2.75, 3.05) is 19.7 Å². The van der Waals surface area contributed by atoms with E-state index in [2.05, 4.69) is 37.9 Å². The van der Waals surface area contributed by atoms with Gasteiger partial charge in [0.25, 0.3) is 0 Å². The number of carboxylic acid groups (broad SMARTS) is 1. The standard InChI is InChI=1S/C22H30N2O4.C6H7N.C5H12/c1-14(2)9-15(3)10-21-23(12-16(4)25)13-19(24(21)22(26)27)17-5-6-20-18(11-17)7-8-28-20;1-6-3-2-4-7-5-6;1-3-5-4-2/h5-6,9,11,15,19,21H,7-8,10,12-13H2,1-4H3,(H,26,27);2-5H,1H3;3-5H2,1-2H3/t15-,19?,21?;;/m1../s1. The van der Waals surface area contributed by atoms with Gasteiger partial charge in [0.15, 0.2) is 0 Å². The molecule has 1 amide bonds. The Morgan fingerprint density at radius 2 is 1.90 bits per heavy atom. The van der Waals surface area contributed by atoms with E-state index in [-0.39, 0.29) is 30.5 Å². The average Bonchev–Trinajstić information content (AvgIpc) is 3.49. The van der Waals surface area contributed by atoms with Crippen molar-refractivity contribution in [3.63, 3.8) is 0 Å². The summed E-state index contributed by atoms with van der Waals surface area (Å²) in [7, 11) is 0. The lowest BCUT2D eigenvalue weighted by atomic mass is 10.0. The third-order valence-electron chi connectivity index (χ3n) is 6.95. The summed E-state index contributed by atoms with van der Waals surface area (Å²) in [6, 6.07) is 9.62. The number of ketones is 1. The minimum Gasteiger partial charge on any atom is -0.493 e. The van der Waals surface area contributed by atoms with Gasteiger partial charge in [0, 0.05) is 25.4 Å². The van der Waals surface area contributed by atoms with Crippen LogP contribution in [-0.4, -0.2) is 57.6 Å². The predicted molar refractivity (Wildman–Crippen MR) is 162 cm³/mol. The Morgan fingerprint density at radius 1 is 1.18 bits per heavy atom. The maximum absolute atomic E-state index is 12.2. The van der Waals surface area contributed by atoms with Crippen LogP contribution in [0.15, 0.2) is 54.4 Å². The number of rotatable bonds is 8. The molecule has 1 aromatic heterocycles. The van der Waals surface area contributed by atoms with Crippen LogP contribution in [0.1, 0.15) is 90.0 Å². The van der Waals surface area contributed by atoms with Crippen LogP contribution in [0.25, 0.3) is 0 Å². The molecule has 220 valence electrons. The third-order valence-corrected chi connectivity index (χ3v) is 6.95. The minimum atomic E-state index is -0.942. The number of pyridine rings is 1. The molecule has 1 saturated heterocycles. The number of aromatic nitrogens is 1. The van der Waals surface area contributed by atoms with Gasteiger partial charge in [0.05, 0.1) is 25.4 Å². The summed E-state index contributed by atoms with van der Waals surface area (Å²) in [4.78, 5) is 31.5. The maximum atomic E-state index is 12.2. The summed E-state index contributed by atoms with van der Waals surface area (Å²) in [5, 5.41) is 10.0. The molecule has 40 heavy (non-hydrogen) atoms. The van der Waals surface area contributed by atoms with E-state index >= 15 is 0 Å². The molecule has 2 unspecified atom stereocenters. The van der Waals surface area contributed by atoms with Gasteiger partial charge in [0.2, 0.25) is 0 Å². The number of aryl methyl sites for hydroxylation is 1. The van der Waals surface area contributed by atoms with Gasteiger partial charge >= 0.3 is 6.09 Å². The highest BCUT2D eigenvalue weighted by molar-refractivity contribution is 5.78. The number of carbonyl (C=O) groups excluding carboxylic acids is 1. The summed E-state index contributed by atoms with van der Waals surface area (Å²) in [6.45, 7) is 15.6. The number of amides is 1. The van der Waals surface area contributed by atoms with Crippen LogP contribution in [-0.2, 0) is 11.2 Å². The van der Waals surface area contributed by atoms with Crippen molar-refractivity contribution in [2.45, 2.75) is 92.8 Å². The fourth-order valence-corrected chi connectivity index (χ4v) is 5.25. The van der Waals surface area contributed by atoms with Gasteiger partial charge in [-0.25, -0.2) is 4.79 Å². The highest BCUT2D eigenvalue weighted by Gasteiger charge is 2.43. The van der Waals surface area contributed by atoms with E-state index in [0.29, 0.717) is 19.6 Å². The van der Waals surface area contributed by atoms with E-state index in [0.717, 1.165) is 23.3 Å². The number of Topliss-reactive ketones (excluding diaryl/α,β-unsaturated/α-hetero) is 1. The largest absolute Gasteiger partial charge is 0.493 e. The SMILES string of the molecule is CC(=O)CN1CC(c2ccc3c(c2)CCO3)N(C(=O)O)C1C[C@H](C)C=C(C)C.CCCCC.Cc1cccnc1. The zero-order valence-electron chi connectivity index (χ0n) is 25.5. The van der Waals surface area contributed by atoms with Crippen LogP contribution in [0.3, 0.4) is 0 Å². The van der Waals surface area contributed by atoms with Crippen molar-refractivity contribution >= 4 is 11.9 Å². The lowest BCUT2D eigenvalue weighted by Crippen LogP contribution is -2.44. The number of unbranched alkanes of at least 4 members (excludes halogenated alkanes) is 2. The fraction of sp³-hybridized carbons (Fsp3) is 0.545. The Kier molecular flexibility index (Phi) is 13.9. The second kappa shape index (κ2) is 16.8. The summed E-state index contributed by atoms with van der Waals surface area (Å²) in [5.74, 6) is 1.16. The number of nitrogens with zero attached hydrogens (tertiary/aromatic N) is 3. The number of hydrogen-bond donors (Lipinski definition) is 1. The Morgan fingerprint density at radius 3 is 2.40 bits per heavy atom. The number of hydrogen-bond acceptors (Lipinski definition) is 5. The lowest BCUT2D eigenvalue weighted by Gasteiger charge is -2.31. The number of fused-ring (bicyclic) bond motifs is 1. The van der Waals surface area contributed by atoms with E-state index in [9.17, 15) is 14.7 Å². The van der Waals surface area contributed by atoms with Crippen LogP contribution in [0, 0.1) is 12.8 Å². The molecule has 3 heterocycles. The van der Waals surface area contributed by atoms with E-state index < -0.39 is 6.09 Å². The molecule has 2 aromatic rings. The molecule has 7 nitrogen and oxygen atoms in total. The molecule has 1 fully saturated rings. The van der Waals surface area contributed by atoms with Crippen molar-refractivity contribution < 1.29 is 19.4 Å². The molecule has 2 aliphatic rings. The van der Waals surface area contributed by atoms with Crippen molar-refractivity contribution in [2.24, 2.45) is 5.92 Å². The van der Waals surface area contributed by atoms with Gasteiger partial charge in [-0.1, -0.05) is 63.8 Å². The number of allylic oxidation sites excluding steroid dienone is 2. The fourth-order valence-electron chi connectivity index (χ4n) is 5.25. The highest BCUT2D eigenvalue weighted by atomic mass is 16.5. The monoisotopic (exact) mass is 551 g/mol. The molecule has 4 rings (SSSR count). The van der Waals surface area contributed by atoms with Gasteiger partial charge in [0.1, 0.15) is 11.5 Å². The first-order valence-corrected chi connectivity index (χ1v) is 14.6. The molecule has 3 atom stereocenters. The smallest absolute Gasteiger partial charge is 0.409 e. The van der Waals surface area contributed by atoms with Gasteiger partial charge in [-0.15, -0.1) is 0 Å². The predicted octanol–water partition coefficient (Wildman–Crippen LogP) is 7.45. The van der Waals surface area contributed by atoms with Crippen molar-refractivity contribution in [1.82, 2.24) is 14.8 Å². The first kappa shape index (κ1) is 33.0. The van der Waals surface area contributed by atoms with Gasteiger partial charge in [-0.3, -0.25) is 19.6 Å². The van der Waals surface area contributed by atoms with Crippen molar-refractivity contribution in [1.29, 1.82) is 0 Å².